The fourth-order valence-electron chi connectivity index (χ4n) is 2.01. The molecule has 0 spiro atoms. The van der Waals surface area contributed by atoms with Crippen LogP contribution in [0.4, 0.5) is 5.95 Å². The molecule has 0 fully saturated rings. The molecule has 2 heterocycles. The third-order valence-electron chi connectivity index (χ3n) is 2.93. The SMILES string of the molecule is Clc1nc(Cl)nc(NCc2cccc(Cn3cccn3)c2)n1. The molecule has 0 amide bonds. The van der Waals surface area contributed by atoms with Gasteiger partial charge in [0, 0.05) is 18.9 Å². The molecule has 6 nitrogen and oxygen atoms in total. The average molecular weight is 335 g/mol. The third-order valence-corrected chi connectivity index (χ3v) is 3.26. The van der Waals surface area contributed by atoms with E-state index in [9.17, 15) is 0 Å². The second kappa shape index (κ2) is 6.72. The number of hydrogen-bond donors (Lipinski definition) is 1. The lowest BCUT2D eigenvalue weighted by atomic mass is 10.1. The van der Waals surface area contributed by atoms with Crippen LogP contribution in [-0.4, -0.2) is 24.7 Å². The first-order valence-electron chi connectivity index (χ1n) is 6.55. The van der Waals surface area contributed by atoms with Crippen molar-refractivity contribution in [3.8, 4) is 0 Å². The number of halogens is 2. The van der Waals surface area contributed by atoms with Crippen molar-refractivity contribution >= 4 is 29.2 Å². The summed E-state index contributed by atoms with van der Waals surface area (Å²) in [5, 5.41) is 7.40. The molecule has 0 aliphatic carbocycles. The highest BCUT2D eigenvalue weighted by Gasteiger charge is 2.03. The molecule has 0 radical (unpaired) electrons. The fraction of sp³-hybridized carbons (Fsp3) is 0.143. The summed E-state index contributed by atoms with van der Waals surface area (Å²) in [5.74, 6) is 0.350. The largest absolute Gasteiger partial charge is 0.350 e. The van der Waals surface area contributed by atoms with Gasteiger partial charge in [-0.1, -0.05) is 24.3 Å². The van der Waals surface area contributed by atoms with Gasteiger partial charge in [0.05, 0.1) is 6.54 Å². The monoisotopic (exact) mass is 334 g/mol. The van der Waals surface area contributed by atoms with Crippen LogP contribution in [-0.2, 0) is 13.1 Å². The Labute approximate surface area is 137 Å². The predicted molar refractivity (Wildman–Crippen MR) is 84.9 cm³/mol. The summed E-state index contributed by atoms with van der Waals surface area (Å²) in [6.45, 7) is 1.29. The van der Waals surface area contributed by atoms with Gasteiger partial charge in [0.2, 0.25) is 16.5 Å². The molecule has 112 valence electrons. The summed E-state index contributed by atoms with van der Waals surface area (Å²) in [4.78, 5) is 11.6. The zero-order chi connectivity index (χ0) is 15.4. The lowest BCUT2D eigenvalue weighted by molar-refractivity contribution is 0.686. The molecule has 1 N–H and O–H groups in total. The number of anilines is 1. The normalized spacial score (nSPS) is 10.6. The van der Waals surface area contributed by atoms with Crippen LogP contribution in [0.25, 0.3) is 0 Å². The number of nitrogens with zero attached hydrogens (tertiary/aromatic N) is 5. The molecule has 0 atom stereocenters. The highest BCUT2D eigenvalue weighted by molar-refractivity contribution is 6.31. The lowest BCUT2D eigenvalue weighted by Gasteiger charge is -2.07. The Morgan fingerprint density at radius 1 is 1.00 bits per heavy atom. The Hall–Kier alpha value is -2.18. The van der Waals surface area contributed by atoms with Crippen LogP contribution in [0, 0.1) is 0 Å². The van der Waals surface area contributed by atoms with Crippen molar-refractivity contribution in [1.29, 1.82) is 0 Å². The molecule has 2 aromatic heterocycles. The molecular formula is C14H12Cl2N6. The molecular weight excluding hydrogens is 323 g/mol. The fourth-order valence-corrected chi connectivity index (χ4v) is 2.37. The Morgan fingerprint density at radius 2 is 1.77 bits per heavy atom. The van der Waals surface area contributed by atoms with E-state index in [0.29, 0.717) is 12.5 Å². The quantitative estimate of drug-likeness (QED) is 0.776. The Kier molecular flexibility index (Phi) is 4.50. The number of rotatable bonds is 5. The van der Waals surface area contributed by atoms with Crippen LogP contribution in [0.5, 0.6) is 0 Å². The maximum Gasteiger partial charge on any atom is 0.228 e. The van der Waals surface area contributed by atoms with Crippen molar-refractivity contribution in [1.82, 2.24) is 24.7 Å². The smallest absolute Gasteiger partial charge is 0.228 e. The number of nitrogens with one attached hydrogen (secondary N) is 1. The summed E-state index contributed by atoms with van der Waals surface area (Å²) in [5.41, 5.74) is 2.26. The number of benzene rings is 1. The van der Waals surface area contributed by atoms with Crippen LogP contribution in [0.15, 0.2) is 42.7 Å². The molecule has 3 rings (SSSR count). The summed E-state index contributed by atoms with van der Waals surface area (Å²) in [7, 11) is 0. The van der Waals surface area contributed by atoms with Gasteiger partial charge in [-0.15, -0.1) is 0 Å². The zero-order valence-electron chi connectivity index (χ0n) is 11.4. The van der Waals surface area contributed by atoms with Crippen molar-refractivity contribution in [2.75, 3.05) is 5.32 Å². The van der Waals surface area contributed by atoms with Gasteiger partial charge in [-0.2, -0.15) is 20.1 Å². The molecule has 0 saturated carbocycles. The summed E-state index contributed by atoms with van der Waals surface area (Å²) < 4.78 is 1.87. The van der Waals surface area contributed by atoms with Crippen molar-refractivity contribution in [3.05, 3.63) is 64.4 Å². The Balaban J connectivity index is 1.67. The second-order valence-corrected chi connectivity index (χ2v) is 5.25. The summed E-state index contributed by atoms with van der Waals surface area (Å²) in [6.07, 6.45) is 3.69. The standard InChI is InChI=1S/C14H12Cl2N6/c15-12-19-13(16)21-14(20-12)17-8-10-3-1-4-11(7-10)9-22-6-2-5-18-22/h1-7H,8-9H2,(H,17,19,20,21). The van der Waals surface area contributed by atoms with Gasteiger partial charge >= 0.3 is 0 Å². The minimum atomic E-state index is 0.0648. The van der Waals surface area contributed by atoms with Gasteiger partial charge in [0.25, 0.3) is 0 Å². The molecule has 0 unspecified atom stereocenters. The summed E-state index contributed by atoms with van der Waals surface area (Å²) in [6, 6.07) is 10.1. The van der Waals surface area contributed by atoms with E-state index in [0.717, 1.165) is 17.7 Å². The maximum absolute atomic E-state index is 5.74. The van der Waals surface area contributed by atoms with Gasteiger partial charge in [0.15, 0.2) is 0 Å². The molecule has 8 heteroatoms. The van der Waals surface area contributed by atoms with Gasteiger partial charge in [-0.25, -0.2) is 0 Å². The van der Waals surface area contributed by atoms with Crippen LogP contribution in [0.3, 0.4) is 0 Å². The third kappa shape index (κ3) is 3.93. The van der Waals surface area contributed by atoms with Gasteiger partial charge < -0.3 is 5.32 Å². The van der Waals surface area contributed by atoms with E-state index in [-0.39, 0.29) is 10.6 Å². The van der Waals surface area contributed by atoms with Crippen LogP contribution in [0.2, 0.25) is 10.6 Å². The predicted octanol–water partition coefficient (Wildman–Crippen LogP) is 3.04. The topological polar surface area (TPSA) is 68.5 Å². The van der Waals surface area contributed by atoms with E-state index < -0.39 is 0 Å². The van der Waals surface area contributed by atoms with Gasteiger partial charge in [-0.05, 0) is 40.4 Å². The van der Waals surface area contributed by atoms with E-state index in [2.05, 4.69) is 37.5 Å². The first-order chi connectivity index (χ1) is 10.7. The van der Waals surface area contributed by atoms with Crippen molar-refractivity contribution in [3.63, 3.8) is 0 Å². The van der Waals surface area contributed by atoms with E-state index in [4.69, 9.17) is 23.2 Å². The van der Waals surface area contributed by atoms with Crippen molar-refractivity contribution in [2.24, 2.45) is 0 Å². The van der Waals surface area contributed by atoms with Crippen LogP contribution < -0.4 is 5.32 Å². The van der Waals surface area contributed by atoms with E-state index in [1.54, 1.807) is 6.20 Å². The second-order valence-electron chi connectivity index (χ2n) is 4.57. The first-order valence-corrected chi connectivity index (χ1v) is 7.31. The maximum atomic E-state index is 5.74. The molecule has 0 aliphatic heterocycles. The molecule has 3 aromatic rings. The molecule has 1 aromatic carbocycles. The molecule has 0 saturated heterocycles. The van der Waals surface area contributed by atoms with E-state index in [1.165, 1.54) is 0 Å². The minimum Gasteiger partial charge on any atom is -0.350 e. The van der Waals surface area contributed by atoms with Crippen molar-refractivity contribution < 1.29 is 0 Å². The number of aromatic nitrogens is 5. The molecule has 0 bridgehead atoms. The van der Waals surface area contributed by atoms with E-state index in [1.807, 2.05) is 29.1 Å². The zero-order valence-corrected chi connectivity index (χ0v) is 13.0. The Bertz CT molecular complexity index is 740. The van der Waals surface area contributed by atoms with Crippen LogP contribution in [0.1, 0.15) is 11.1 Å². The minimum absolute atomic E-state index is 0.0648. The lowest BCUT2D eigenvalue weighted by Crippen LogP contribution is -2.06. The highest BCUT2D eigenvalue weighted by atomic mass is 35.5. The first kappa shape index (κ1) is 14.7. The molecule has 0 aliphatic rings. The number of hydrogen-bond acceptors (Lipinski definition) is 5. The van der Waals surface area contributed by atoms with Gasteiger partial charge in [-0.3, -0.25) is 4.68 Å². The summed E-state index contributed by atoms with van der Waals surface area (Å²) >= 11 is 11.5. The Morgan fingerprint density at radius 3 is 2.50 bits per heavy atom. The average Bonchev–Trinajstić information content (AvgIpc) is 2.97. The molecule has 22 heavy (non-hydrogen) atoms. The van der Waals surface area contributed by atoms with E-state index >= 15 is 0 Å². The van der Waals surface area contributed by atoms with Crippen LogP contribution >= 0.6 is 23.2 Å². The highest BCUT2D eigenvalue weighted by Crippen LogP contribution is 2.12. The van der Waals surface area contributed by atoms with Gasteiger partial charge in [0.1, 0.15) is 0 Å². The van der Waals surface area contributed by atoms with Crippen molar-refractivity contribution in [2.45, 2.75) is 13.1 Å².